The molecule has 4 nitrogen and oxygen atoms in total. The minimum Gasteiger partial charge on any atom is -0.495 e. The molecule has 0 unspecified atom stereocenters. The highest BCUT2D eigenvalue weighted by atomic mass is 16.5. The second-order valence-electron chi connectivity index (χ2n) is 4.83. The number of hydrogen-bond acceptors (Lipinski definition) is 4. The van der Waals surface area contributed by atoms with Crippen molar-refractivity contribution in [2.75, 3.05) is 19.0 Å². The molecule has 1 N–H and O–H groups in total. The predicted molar refractivity (Wildman–Crippen MR) is 74.4 cm³/mol. The van der Waals surface area contributed by atoms with Gasteiger partial charge in [-0.25, -0.2) is 4.79 Å². The first-order valence-electron chi connectivity index (χ1n) is 6.80. The Morgan fingerprint density at radius 1 is 1.32 bits per heavy atom. The Hall–Kier alpha value is -1.71. The standard InChI is InChI=1S/C15H21NO3/c1-3-19-14(17)15(10-6-7-11-15)16-12-8-4-5-9-13(12)18-2/h4-5,8-9,16H,3,6-7,10-11H2,1-2H3. The van der Waals surface area contributed by atoms with Crippen molar-refractivity contribution in [2.45, 2.75) is 38.1 Å². The normalized spacial score (nSPS) is 16.9. The lowest BCUT2D eigenvalue weighted by Crippen LogP contribution is -2.45. The summed E-state index contributed by atoms with van der Waals surface area (Å²) in [5.74, 6) is 0.594. The van der Waals surface area contributed by atoms with E-state index in [-0.39, 0.29) is 5.97 Å². The highest BCUT2D eigenvalue weighted by Crippen LogP contribution is 2.36. The van der Waals surface area contributed by atoms with Gasteiger partial charge in [0.25, 0.3) is 0 Å². The molecule has 0 spiro atoms. The molecule has 0 atom stereocenters. The van der Waals surface area contributed by atoms with E-state index in [2.05, 4.69) is 5.32 Å². The molecule has 4 heteroatoms. The Labute approximate surface area is 114 Å². The van der Waals surface area contributed by atoms with Crippen molar-refractivity contribution in [2.24, 2.45) is 0 Å². The Bertz CT molecular complexity index is 439. The van der Waals surface area contributed by atoms with Crippen LogP contribution in [0, 0.1) is 0 Å². The van der Waals surface area contributed by atoms with E-state index in [0.717, 1.165) is 37.1 Å². The Morgan fingerprint density at radius 3 is 2.63 bits per heavy atom. The van der Waals surface area contributed by atoms with Gasteiger partial charge in [0.05, 0.1) is 19.4 Å². The molecule has 19 heavy (non-hydrogen) atoms. The zero-order valence-corrected chi connectivity index (χ0v) is 11.6. The summed E-state index contributed by atoms with van der Waals surface area (Å²) in [4.78, 5) is 12.2. The molecule has 1 aliphatic rings. The number of benzene rings is 1. The highest BCUT2D eigenvalue weighted by Gasteiger charge is 2.42. The van der Waals surface area contributed by atoms with Crippen molar-refractivity contribution in [1.82, 2.24) is 0 Å². The predicted octanol–water partition coefficient (Wildman–Crippen LogP) is 2.98. The number of para-hydroxylation sites is 2. The maximum atomic E-state index is 12.2. The lowest BCUT2D eigenvalue weighted by atomic mass is 9.97. The van der Waals surface area contributed by atoms with Crippen molar-refractivity contribution < 1.29 is 14.3 Å². The number of rotatable bonds is 5. The van der Waals surface area contributed by atoms with Crippen molar-refractivity contribution in [1.29, 1.82) is 0 Å². The summed E-state index contributed by atoms with van der Waals surface area (Å²) in [5, 5.41) is 3.36. The first-order chi connectivity index (χ1) is 9.22. The van der Waals surface area contributed by atoms with Crippen LogP contribution in [-0.2, 0) is 9.53 Å². The van der Waals surface area contributed by atoms with Gasteiger partial charge in [0.1, 0.15) is 11.3 Å². The number of carbonyl (C=O) groups excluding carboxylic acids is 1. The molecule has 1 aromatic rings. The summed E-state index contributed by atoms with van der Waals surface area (Å²) < 4.78 is 10.6. The SMILES string of the molecule is CCOC(=O)C1(Nc2ccccc2OC)CCCC1. The van der Waals surface area contributed by atoms with Crippen LogP contribution in [0.2, 0.25) is 0 Å². The van der Waals surface area contributed by atoms with E-state index in [1.54, 1.807) is 7.11 Å². The smallest absolute Gasteiger partial charge is 0.331 e. The minimum absolute atomic E-state index is 0.154. The summed E-state index contributed by atoms with van der Waals surface area (Å²) in [6.07, 6.45) is 3.70. The van der Waals surface area contributed by atoms with Gasteiger partial charge >= 0.3 is 5.97 Å². The van der Waals surface area contributed by atoms with Crippen molar-refractivity contribution in [3.8, 4) is 5.75 Å². The molecule has 0 heterocycles. The summed E-state index contributed by atoms with van der Waals surface area (Å²) in [5.41, 5.74) is 0.255. The first kappa shape index (κ1) is 13.7. The van der Waals surface area contributed by atoms with Gasteiger partial charge in [-0.3, -0.25) is 0 Å². The second-order valence-corrected chi connectivity index (χ2v) is 4.83. The van der Waals surface area contributed by atoms with Gasteiger partial charge in [0.15, 0.2) is 0 Å². The maximum absolute atomic E-state index is 12.2. The van der Waals surface area contributed by atoms with E-state index in [1.807, 2.05) is 31.2 Å². The highest BCUT2D eigenvalue weighted by molar-refractivity contribution is 5.85. The topological polar surface area (TPSA) is 47.6 Å². The van der Waals surface area contributed by atoms with E-state index < -0.39 is 5.54 Å². The zero-order chi connectivity index (χ0) is 13.7. The Balaban J connectivity index is 2.23. The van der Waals surface area contributed by atoms with Crippen LogP contribution in [0.4, 0.5) is 5.69 Å². The largest absolute Gasteiger partial charge is 0.495 e. The van der Waals surface area contributed by atoms with Crippen LogP contribution >= 0.6 is 0 Å². The molecule has 2 rings (SSSR count). The van der Waals surface area contributed by atoms with E-state index in [1.165, 1.54) is 0 Å². The molecule has 0 aromatic heterocycles. The van der Waals surface area contributed by atoms with Crippen molar-refractivity contribution >= 4 is 11.7 Å². The molecule has 1 aliphatic carbocycles. The molecular formula is C15H21NO3. The Kier molecular flexibility index (Phi) is 4.30. The second kappa shape index (κ2) is 5.95. The lowest BCUT2D eigenvalue weighted by Gasteiger charge is -2.29. The average molecular weight is 263 g/mol. The van der Waals surface area contributed by atoms with Gasteiger partial charge < -0.3 is 14.8 Å². The lowest BCUT2D eigenvalue weighted by molar-refractivity contribution is -0.148. The van der Waals surface area contributed by atoms with Crippen molar-refractivity contribution in [3.05, 3.63) is 24.3 Å². The van der Waals surface area contributed by atoms with Gasteiger partial charge in [-0.15, -0.1) is 0 Å². The molecule has 1 saturated carbocycles. The van der Waals surface area contributed by atoms with Crippen LogP contribution in [0.1, 0.15) is 32.6 Å². The first-order valence-corrected chi connectivity index (χ1v) is 6.80. The number of hydrogen-bond donors (Lipinski definition) is 1. The third-order valence-corrected chi connectivity index (χ3v) is 3.60. The van der Waals surface area contributed by atoms with Crippen molar-refractivity contribution in [3.63, 3.8) is 0 Å². The summed E-state index contributed by atoms with van der Waals surface area (Å²) in [7, 11) is 1.63. The van der Waals surface area contributed by atoms with Gasteiger partial charge in [-0.2, -0.15) is 0 Å². The number of anilines is 1. The molecule has 104 valence electrons. The number of nitrogens with one attached hydrogen (secondary N) is 1. The Morgan fingerprint density at radius 2 is 2.00 bits per heavy atom. The molecule has 0 bridgehead atoms. The number of ether oxygens (including phenoxy) is 2. The van der Waals surface area contributed by atoms with Crippen LogP contribution in [0.3, 0.4) is 0 Å². The fraction of sp³-hybridized carbons (Fsp3) is 0.533. The zero-order valence-electron chi connectivity index (χ0n) is 11.6. The fourth-order valence-corrected chi connectivity index (χ4v) is 2.63. The fourth-order valence-electron chi connectivity index (χ4n) is 2.63. The number of carbonyl (C=O) groups is 1. The van der Waals surface area contributed by atoms with Crippen LogP contribution < -0.4 is 10.1 Å². The third-order valence-electron chi connectivity index (χ3n) is 3.60. The molecule has 0 amide bonds. The van der Waals surface area contributed by atoms with Crippen LogP contribution in [-0.4, -0.2) is 25.2 Å². The summed E-state index contributed by atoms with van der Waals surface area (Å²) >= 11 is 0. The summed E-state index contributed by atoms with van der Waals surface area (Å²) in [6.45, 7) is 2.25. The molecular weight excluding hydrogens is 242 g/mol. The van der Waals surface area contributed by atoms with Crippen LogP contribution in [0.15, 0.2) is 24.3 Å². The maximum Gasteiger partial charge on any atom is 0.331 e. The summed E-state index contributed by atoms with van der Waals surface area (Å²) in [6, 6.07) is 7.66. The average Bonchev–Trinajstić information content (AvgIpc) is 2.89. The van der Waals surface area contributed by atoms with E-state index in [4.69, 9.17) is 9.47 Å². The van der Waals surface area contributed by atoms with Crippen LogP contribution in [0.25, 0.3) is 0 Å². The molecule has 0 radical (unpaired) electrons. The molecule has 1 aromatic carbocycles. The minimum atomic E-state index is -0.593. The number of esters is 1. The quantitative estimate of drug-likeness (QED) is 0.830. The third kappa shape index (κ3) is 2.83. The molecule has 0 saturated heterocycles. The van der Waals surface area contributed by atoms with Gasteiger partial charge in [0.2, 0.25) is 0 Å². The van der Waals surface area contributed by atoms with Gasteiger partial charge in [-0.05, 0) is 31.9 Å². The van der Waals surface area contributed by atoms with E-state index in [0.29, 0.717) is 6.61 Å². The molecule has 1 fully saturated rings. The molecule has 0 aliphatic heterocycles. The van der Waals surface area contributed by atoms with Gasteiger partial charge in [0, 0.05) is 0 Å². The van der Waals surface area contributed by atoms with E-state index in [9.17, 15) is 4.79 Å². The van der Waals surface area contributed by atoms with Gasteiger partial charge in [-0.1, -0.05) is 25.0 Å². The monoisotopic (exact) mass is 263 g/mol. The number of methoxy groups -OCH3 is 1. The van der Waals surface area contributed by atoms with E-state index >= 15 is 0 Å². The van der Waals surface area contributed by atoms with Crippen LogP contribution in [0.5, 0.6) is 5.75 Å².